The van der Waals surface area contributed by atoms with Gasteiger partial charge in [-0.3, -0.25) is 14.2 Å². The molecule has 0 aliphatic heterocycles. The van der Waals surface area contributed by atoms with Crippen molar-refractivity contribution in [2.24, 2.45) is 0 Å². The van der Waals surface area contributed by atoms with Gasteiger partial charge in [-0.2, -0.15) is 19.0 Å². The van der Waals surface area contributed by atoms with Crippen LogP contribution in [0.4, 0.5) is 14.5 Å². The number of carbonyl (C=O) groups excluding carboxylic acids is 1. The summed E-state index contributed by atoms with van der Waals surface area (Å²) in [6, 6.07) is 9.25. The smallest absolute Gasteiger partial charge is 0.387 e. The second-order valence-corrected chi connectivity index (χ2v) is 4.76. The Morgan fingerprint density at radius 2 is 2.00 bits per heavy atom. The first kappa shape index (κ1) is 15.7. The van der Waals surface area contributed by atoms with Gasteiger partial charge in [0.15, 0.2) is 5.69 Å². The molecule has 0 bridgehead atoms. The van der Waals surface area contributed by atoms with Gasteiger partial charge in [-0.25, -0.2) is 0 Å². The van der Waals surface area contributed by atoms with Crippen LogP contribution in [-0.4, -0.2) is 32.1 Å². The van der Waals surface area contributed by atoms with Crippen LogP contribution in [0.1, 0.15) is 10.5 Å². The minimum Gasteiger partial charge on any atom is -0.433 e. The van der Waals surface area contributed by atoms with E-state index < -0.39 is 12.5 Å². The predicted molar refractivity (Wildman–Crippen MR) is 80.9 cm³/mol. The number of aromatic nitrogens is 4. The summed E-state index contributed by atoms with van der Waals surface area (Å²) in [6.45, 7) is -2.62. The molecule has 2 heterocycles. The third kappa shape index (κ3) is 3.75. The fourth-order valence-electron chi connectivity index (χ4n) is 2.05. The minimum absolute atomic E-state index is 0.114. The maximum absolute atomic E-state index is 12.4. The van der Waals surface area contributed by atoms with Crippen molar-refractivity contribution in [3.8, 4) is 5.75 Å². The standard InChI is InChI=1S/C15H13F2N5O2/c16-15(17)24-13-5-2-1-4-11(13)19-14(23)12-6-9-22(20-12)10-21-8-3-7-18-21/h1-9,15H,10H2,(H,19,23). The molecule has 9 heteroatoms. The van der Waals surface area contributed by atoms with E-state index in [1.54, 1.807) is 35.4 Å². The van der Waals surface area contributed by atoms with E-state index in [1.165, 1.54) is 28.9 Å². The molecule has 0 aliphatic rings. The van der Waals surface area contributed by atoms with Gasteiger partial charge in [-0.05, 0) is 24.3 Å². The van der Waals surface area contributed by atoms with Crippen molar-refractivity contribution < 1.29 is 18.3 Å². The first-order valence-electron chi connectivity index (χ1n) is 6.98. The highest BCUT2D eigenvalue weighted by Crippen LogP contribution is 2.25. The van der Waals surface area contributed by atoms with Gasteiger partial charge >= 0.3 is 6.61 Å². The molecule has 1 amide bonds. The van der Waals surface area contributed by atoms with Gasteiger partial charge in [-0.1, -0.05) is 12.1 Å². The predicted octanol–water partition coefficient (Wildman–Crippen LogP) is 2.44. The zero-order valence-corrected chi connectivity index (χ0v) is 12.3. The van der Waals surface area contributed by atoms with Crippen LogP contribution in [0.25, 0.3) is 0 Å². The highest BCUT2D eigenvalue weighted by atomic mass is 19.3. The topological polar surface area (TPSA) is 74.0 Å². The van der Waals surface area contributed by atoms with Gasteiger partial charge in [-0.15, -0.1) is 0 Å². The number of anilines is 1. The second kappa shape index (κ2) is 6.90. The highest BCUT2D eigenvalue weighted by molar-refractivity contribution is 6.03. The number of hydrogen-bond acceptors (Lipinski definition) is 4. The Morgan fingerprint density at radius 3 is 2.75 bits per heavy atom. The number of nitrogens with zero attached hydrogens (tertiary/aromatic N) is 4. The Hall–Kier alpha value is -3.23. The summed E-state index contributed by atoms with van der Waals surface area (Å²) in [4.78, 5) is 12.2. The molecule has 124 valence electrons. The van der Waals surface area contributed by atoms with Crippen molar-refractivity contribution in [2.75, 3.05) is 5.32 Å². The first-order chi connectivity index (χ1) is 11.6. The SMILES string of the molecule is O=C(Nc1ccccc1OC(F)F)c1ccn(Cn2cccn2)n1. The number of para-hydroxylation sites is 2. The van der Waals surface area contributed by atoms with Gasteiger partial charge in [0.1, 0.15) is 12.4 Å². The van der Waals surface area contributed by atoms with Crippen molar-refractivity contribution in [1.82, 2.24) is 19.6 Å². The second-order valence-electron chi connectivity index (χ2n) is 4.76. The number of amides is 1. The lowest BCUT2D eigenvalue weighted by atomic mass is 10.3. The molecule has 2 aromatic heterocycles. The third-order valence-corrected chi connectivity index (χ3v) is 3.07. The number of alkyl halides is 2. The maximum Gasteiger partial charge on any atom is 0.387 e. The molecule has 24 heavy (non-hydrogen) atoms. The van der Waals surface area contributed by atoms with E-state index in [4.69, 9.17) is 0 Å². The summed E-state index contributed by atoms with van der Waals surface area (Å²) in [6.07, 6.45) is 5.02. The maximum atomic E-state index is 12.4. The molecule has 3 aromatic rings. The summed E-state index contributed by atoms with van der Waals surface area (Å²) < 4.78 is 32.3. The van der Waals surface area contributed by atoms with Crippen molar-refractivity contribution >= 4 is 11.6 Å². The average molecular weight is 333 g/mol. The third-order valence-electron chi connectivity index (χ3n) is 3.07. The van der Waals surface area contributed by atoms with Crippen LogP contribution in [0.2, 0.25) is 0 Å². The Kier molecular flexibility index (Phi) is 4.50. The van der Waals surface area contributed by atoms with Crippen LogP contribution >= 0.6 is 0 Å². The number of benzene rings is 1. The van der Waals surface area contributed by atoms with E-state index in [-0.39, 0.29) is 17.1 Å². The summed E-state index contributed by atoms with van der Waals surface area (Å²) >= 11 is 0. The van der Waals surface area contributed by atoms with E-state index >= 15 is 0 Å². The van der Waals surface area contributed by atoms with Crippen LogP contribution in [0.3, 0.4) is 0 Å². The van der Waals surface area contributed by atoms with Gasteiger partial charge < -0.3 is 10.1 Å². The van der Waals surface area contributed by atoms with E-state index in [9.17, 15) is 13.6 Å². The largest absolute Gasteiger partial charge is 0.433 e. The van der Waals surface area contributed by atoms with Crippen molar-refractivity contribution in [2.45, 2.75) is 13.3 Å². The molecule has 1 aromatic carbocycles. The summed E-state index contributed by atoms with van der Waals surface area (Å²) in [7, 11) is 0. The number of ether oxygens (including phenoxy) is 1. The fourth-order valence-corrected chi connectivity index (χ4v) is 2.05. The van der Waals surface area contributed by atoms with Gasteiger partial charge in [0.05, 0.1) is 5.69 Å². The van der Waals surface area contributed by atoms with E-state index in [0.29, 0.717) is 6.67 Å². The lowest BCUT2D eigenvalue weighted by Gasteiger charge is -2.10. The van der Waals surface area contributed by atoms with E-state index in [0.717, 1.165) is 0 Å². The van der Waals surface area contributed by atoms with E-state index in [2.05, 4.69) is 20.3 Å². The molecular weight excluding hydrogens is 320 g/mol. The van der Waals surface area contributed by atoms with Gasteiger partial charge in [0, 0.05) is 18.6 Å². The number of nitrogens with one attached hydrogen (secondary N) is 1. The lowest BCUT2D eigenvalue weighted by molar-refractivity contribution is -0.0493. The molecule has 0 spiro atoms. The van der Waals surface area contributed by atoms with Crippen LogP contribution < -0.4 is 10.1 Å². The zero-order chi connectivity index (χ0) is 16.9. The molecule has 0 aliphatic carbocycles. The van der Waals surface area contributed by atoms with Gasteiger partial charge in [0.25, 0.3) is 5.91 Å². The average Bonchev–Trinajstić information content (AvgIpc) is 3.21. The molecule has 0 saturated carbocycles. The molecule has 0 fully saturated rings. The number of hydrogen-bond donors (Lipinski definition) is 1. The number of halogens is 2. The fraction of sp³-hybridized carbons (Fsp3) is 0.133. The normalized spacial score (nSPS) is 10.8. The summed E-state index contributed by atoms with van der Waals surface area (Å²) in [5.74, 6) is -0.642. The first-order valence-corrected chi connectivity index (χ1v) is 6.98. The Morgan fingerprint density at radius 1 is 1.17 bits per heavy atom. The molecule has 0 saturated heterocycles. The van der Waals surface area contributed by atoms with Crippen LogP contribution in [-0.2, 0) is 6.67 Å². The lowest BCUT2D eigenvalue weighted by Crippen LogP contribution is -2.16. The molecule has 3 rings (SSSR count). The van der Waals surface area contributed by atoms with E-state index in [1.807, 2.05) is 0 Å². The number of carbonyl (C=O) groups is 1. The van der Waals surface area contributed by atoms with Crippen molar-refractivity contribution in [3.63, 3.8) is 0 Å². The van der Waals surface area contributed by atoms with Crippen LogP contribution in [0.15, 0.2) is 55.0 Å². The zero-order valence-electron chi connectivity index (χ0n) is 12.3. The molecule has 1 N–H and O–H groups in total. The molecule has 0 radical (unpaired) electrons. The van der Waals surface area contributed by atoms with Crippen LogP contribution in [0, 0.1) is 0 Å². The highest BCUT2D eigenvalue weighted by Gasteiger charge is 2.14. The summed E-state index contributed by atoms with van der Waals surface area (Å²) in [5, 5.41) is 10.7. The van der Waals surface area contributed by atoms with Crippen molar-refractivity contribution in [1.29, 1.82) is 0 Å². The molecule has 0 unspecified atom stereocenters. The minimum atomic E-state index is -2.98. The Labute approximate surface area is 135 Å². The monoisotopic (exact) mass is 333 g/mol. The van der Waals surface area contributed by atoms with Crippen molar-refractivity contribution in [3.05, 3.63) is 60.7 Å². The molecular formula is C15H13F2N5O2. The number of rotatable bonds is 6. The quantitative estimate of drug-likeness (QED) is 0.752. The molecule has 0 atom stereocenters. The molecule has 7 nitrogen and oxygen atoms in total. The van der Waals surface area contributed by atoms with Crippen LogP contribution in [0.5, 0.6) is 5.75 Å². The Bertz CT molecular complexity index is 817. The Balaban J connectivity index is 1.70. The summed E-state index contributed by atoms with van der Waals surface area (Å²) in [5.41, 5.74) is 0.290. The van der Waals surface area contributed by atoms with Gasteiger partial charge in [0.2, 0.25) is 0 Å².